The lowest BCUT2D eigenvalue weighted by molar-refractivity contribution is 0.0247. The molecule has 1 saturated carbocycles. The van der Waals surface area contributed by atoms with Crippen LogP contribution in [0.5, 0.6) is 0 Å². The highest BCUT2D eigenvalue weighted by atomic mass is 16.3. The van der Waals surface area contributed by atoms with Crippen LogP contribution in [0, 0.1) is 11.3 Å². The predicted molar refractivity (Wildman–Crippen MR) is 128 cm³/mol. The highest BCUT2D eigenvalue weighted by molar-refractivity contribution is 5.91. The van der Waals surface area contributed by atoms with Crippen molar-refractivity contribution in [3.05, 3.63) is 24.2 Å². The number of nitrogens with two attached hydrogens (primary N) is 1. The van der Waals surface area contributed by atoms with Crippen LogP contribution in [0.4, 0.5) is 0 Å². The van der Waals surface area contributed by atoms with Gasteiger partial charge in [-0.25, -0.2) is 0 Å². The Morgan fingerprint density at radius 2 is 1.97 bits per heavy atom. The fourth-order valence-electron chi connectivity index (χ4n) is 6.36. The summed E-state index contributed by atoms with van der Waals surface area (Å²) in [6.45, 7) is 7.42. The van der Waals surface area contributed by atoms with E-state index in [0.29, 0.717) is 17.1 Å². The van der Waals surface area contributed by atoms with E-state index >= 15 is 0 Å². The molecule has 180 valence electrons. The van der Waals surface area contributed by atoms with Gasteiger partial charge in [-0.05, 0) is 94.5 Å². The molecule has 0 bridgehead atoms. The van der Waals surface area contributed by atoms with Crippen LogP contribution in [0.3, 0.4) is 0 Å². The first kappa shape index (κ1) is 23.8. The number of carbonyl (C=O) groups is 1. The second-order valence-electron chi connectivity index (χ2n) is 10.7. The largest absolute Gasteiger partial charge is 0.459 e. The van der Waals surface area contributed by atoms with Gasteiger partial charge in [0.25, 0.3) is 5.91 Å². The predicted octanol–water partition coefficient (Wildman–Crippen LogP) is 4.22. The molecule has 2 saturated heterocycles. The zero-order chi connectivity index (χ0) is 22.4. The molecule has 1 aromatic heterocycles. The van der Waals surface area contributed by atoms with Crippen LogP contribution in [0.2, 0.25) is 0 Å². The summed E-state index contributed by atoms with van der Waals surface area (Å²) in [7, 11) is 0. The molecule has 2 aliphatic heterocycles. The maximum atomic E-state index is 13.4. The lowest BCUT2D eigenvalue weighted by atomic mass is 9.69. The van der Waals surface area contributed by atoms with Crippen molar-refractivity contribution in [2.75, 3.05) is 32.7 Å². The molecule has 6 heteroatoms. The first-order valence-electron chi connectivity index (χ1n) is 13.1. The van der Waals surface area contributed by atoms with E-state index in [2.05, 4.69) is 22.0 Å². The zero-order valence-corrected chi connectivity index (χ0v) is 20.1. The summed E-state index contributed by atoms with van der Waals surface area (Å²) in [5, 5.41) is 3.65. The summed E-state index contributed by atoms with van der Waals surface area (Å²) in [6.07, 6.45) is 15.3. The van der Waals surface area contributed by atoms with Crippen molar-refractivity contribution in [3.63, 3.8) is 0 Å². The zero-order valence-electron chi connectivity index (χ0n) is 20.1. The standard InChI is InChI=1S/C26H44N4O2/c1-21-7-8-24(28-20-21)30(25(31)23-6-5-19-32-23)22-9-16-29(17-10-22)18-14-26(13-15-27)11-3-2-4-12-26/h5-6,19,21-22,24,28H,2-4,7-18,20,27H2,1H3. The Labute approximate surface area is 194 Å². The molecule has 4 rings (SSSR count). The van der Waals surface area contributed by atoms with E-state index in [0.717, 1.165) is 45.4 Å². The minimum atomic E-state index is 0.0459. The van der Waals surface area contributed by atoms with Crippen molar-refractivity contribution in [3.8, 4) is 0 Å². The van der Waals surface area contributed by atoms with Gasteiger partial charge < -0.3 is 20.0 Å². The van der Waals surface area contributed by atoms with Crippen molar-refractivity contribution in [2.45, 2.75) is 89.8 Å². The smallest absolute Gasteiger partial charge is 0.291 e. The van der Waals surface area contributed by atoms with Gasteiger partial charge in [0.2, 0.25) is 0 Å². The monoisotopic (exact) mass is 444 g/mol. The molecular weight excluding hydrogens is 400 g/mol. The molecule has 1 amide bonds. The number of nitrogens with zero attached hydrogens (tertiary/aromatic N) is 2. The molecule has 3 aliphatic rings. The maximum Gasteiger partial charge on any atom is 0.291 e. The molecule has 1 aliphatic carbocycles. The van der Waals surface area contributed by atoms with Crippen molar-refractivity contribution in [1.29, 1.82) is 0 Å². The van der Waals surface area contributed by atoms with Gasteiger partial charge in [0, 0.05) is 19.1 Å². The van der Waals surface area contributed by atoms with Crippen LogP contribution in [0.1, 0.15) is 88.1 Å². The van der Waals surface area contributed by atoms with E-state index in [1.54, 1.807) is 12.3 Å². The van der Waals surface area contributed by atoms with E-state index in [9.17, 15) is 4.79 Å². The Hall–Kier alpha value is -1.37. The fraction of sp³-hybridized carbons (Fsp3) is 0.808. The Kier molecular flexibility index (Phi) is 8.30. The van der Waals surface area contributed by atoms with Crippen molar-refractivity contribution in [2.24, 2.45) is 17.1 Å². The lowest BCUT2D eigenvalue weighted by Crippen LogP contribution is -2.58. The van der Waals surface area contributed by atoms with Crippen molar-refractivity contribution in [1.82, 2.24) is 15.1 Å². The second-order valence-corrected chi connectivity index (χ2v) is 10.7. The number of likely N-dealkylation sites (tertiary alicyclic amines) is 1. The fourth-order valence-corrected chi connectivity index (χ4v) is 6.36. The summed E-state index contributed by atoms with van der Waals surface area (Å²) in [5.74, 6) is 1.19. The third kappa shape index (κ3) is 5.75. The van der Waals surface area contributed by atoms with Gasteiger partial charge in [-0.3, -0.25) is 10.1 Å². The number of furan rings is 1. The molecule has 2 unspecified atom stereocenters. The number of rotatable bonds is 8. The summed E-state index contributed by atoms with van der Waals surface area (Å²) >= 11 is 0. The molecular formula is C26H44N4O2. The Morgan fingerprint density at radius 3 is 2.59 bits per heavy atom. The molecule has 3 heterocycles. The van der Waals surface area contributed by atoms with E-state index in [1.165, 1.54) is 57.9 Å². The van der Waals surface area contributed by atoms with Crippen LogP contribution < -0.4 is 11.1 Å². The highest BCUT2D eigenvalue weighted by Crippen LogP contribution is 2.42. The minimum Gasteiger partial charge on any atom is -0.459 e. The average Bonchev–Trinajstić information content (AvgIpc) is 3.36. The Morgan fingerprint density at radius 1 is 1.19 bits per heavy atom. The number of amides is 1. The van der Waals surface area contributed by atoms with Gasteiger partial charge in [0.05, 0.1) is 12.4 Å². The maximum absolute atomic E-state index is 13.4. The summed E-state index contributed by atoms with van der Waals surface area (Å²) in [4.78, 5) is 18.1. The van der Waals surface area contributed by atoms with Gasteiger partial charge in [-0.15, -0.1) is 0 Å². The molecule has 3 N–H and O–H groups in total. The van der Waals surface area contributed by atoms with E-state index < -0.39 is 0 Å². The van der Waals surface area contributed by atoms with Gasteiger partial charge in [0.1, 0.15) is 0 Å². The molecule has 0 aromatic carbocycles. The Bertz CT molecular complexity index is 679. The number of nitrogens with one attached hydrogen (secondary N) is 1. The molecule has 2 atom stereocenters. The molecule has 32 heavy (non-hydrogen) atoms. The van der Waals surface area contributed by atoms with Crippen LogP contribution in [-0.2, 0) is 0 Å². The first-order valence-corrected chi connectivity index (χ1v) is 13.1. The first-order chi connectivity index (χ1) is 15.6. The normalized spacial score (nSPS) is 27.3. The third-order valence-electron chi connectivity index (χ3n) is 8.43. The van der Waals surface area contributed by atoms with Crippen LogP contribution in [0.25, 0.3) is 0 Å². The number of carbonyl (C=O) groups excluding carboxylic acids is 1. The quantitative estimate of drug-likeness (QED) is 0.628. The minimum absolute atomic E-state index is 0.0459. The third-order valence-corrected chi connectivity index (χ3v) is 8.43. The van der Waals surface area contributed by atoms with Crippen LogP contribution in [-0.4, -0.2) is 60.6 Å². The van der Waals surface area contributed by atoms with Gasteiger partial charge in [-0.1, -0.05) is 26.2 Å². The highest BCUT2D eigenvalue weighted by Gasteiger charge is 2.37. The topological polar surface area (TPSA) is 74.7 Å². The number of piperidine rings is 2. The Balaban J connectivity index is 1.35. The number of hydrogen-bond acceptors (Lipinski definition) is 5. The summed E-state index contributed by atoms with van der Waals surface area (Å²) < 4.78 is 5.50. The van der Waals surface area contributed by atoms with E-state index in [-0.39, 0.29) is 18.1 Å². The molecule has 0 spiro atoms. The summed E-state index contributed by atoms with van der Waals surface area (Å²) in [6, 6.07) is 3.89. The number of hydrogen-bond donors (Lipinski definition) is 2. The molecule has 6 nitrogen and oxygen atoms in total. The van der Waals surface area contributed by atoms with Gasteiger partial charge in [0.15, 0.2) is 5.76 Å². The second kappa shape index (κ2) is 11.2. The van der Waals surface area contributed by atoms with Gasteiger partial charge in [-0.2, -0.15) is 0 Å². The molecule has 1 aromatic rings. The van der Waals surface area contributed by atoms with Crippen molar-refractivity contribution < 1.29 is 9.21 Å². The van der Waals surface area contributed by atoms with E-state index in [4.69, 9.17) is 10.2 Å². The van der Waals surface area contributed by atoms with Crippen LogP contribution in [0.15, 0.2) is 22.8 Å². The average molecular weight is 445 g/mol. The van der Waals surface area contributed by atoms with Crippen LogP contribution >= 0.6 is 0 Å². The van der Waals surface area contributed by atoms with Crippen molar-refractivity contribution >= 4 is 5.91 Å². The SMILES string of the molecule is CC1CCC(N(C(=O)c2ccco2)C2CCN(CCC3(CCN)CCCCC3)CC2)NC1. The molecule has 3 fully saturated rings. The van der Waals surface area contributed by atoms with Gasteiger partial charge >= 0.3 is 0 Å². The molecule has 0 radical (unpaired) electrons. The summed E-state index contributed by atoms with van der Waals surface area (Å²) in [5.41, 5.74) is 6.47. The van der Waals surface area contributed by atoms with E-state index in [1.807, 2.05) is 6.07 Å². The lowest BCUT2D eigenvalue weighted by Gasteiger charge is -2.45.